The van der Waals surface area contributed by atoms with E-state index >= 15 is 0 Å². The minimum Gasteiger partial charge on any atom is -0.493 e. The minimum absolute atomic E-state index is 0.0273. The highest BCUT2D eigenvalue weighted by atomic mass is 16.5. The van der Waals surface area contributed by atoms with Gasteiger partial charge in [-0.3, -0.25) is 19.4 Å². The quantitative estimate of drug-likeness (QED) is 0.530. The molecule has 244 valence electrons. The predicted molar refractivity (Wildman–Crippen MR) is 163 cm³/mol. The number of rotatable bonds is 4. The second-order valence-electron chi connectivity index (χ2n) is 12.8. The van der Waals surface area contributed by atoms with E-state index in [2.05, 4.69) is 25.4 Å². The van der Waals surface area contributed by atoms with Gasteiger partial charge in [0.15, 0.2) is 0 Å². The molecule has 13 nitrogen and oxygen atoms in total. The summed E-state index contributed by atoms with van der Waals surface area (Å²) in [4.78, 5) is 34.5. The zero-order valence-corrected chi connectivity index (χ0v) is 25.9. The van der Waals surface area contributed by atoms with E-state index in [1.165, 1.54) is 0 Å². The molecule has 0 radical (unpaired) electrons. The molecule has 13 heteroatoms. The molecule has 1 aromatic heterocycles. The van der Waals surface area contributed by atoms with Crippen LogP contribution in [0.25, 0.3) is 0 Å². The average Bonchev–Trinajstić information content (AvgIpc) is 3.55. The maximum atomic E-state index is 14.0. The van der Waals surface area contributed by atoms with Gasteiger partial charge in [0.1, 0.15) is 11.8 Å². The number of carbonyl (C=O) groups excluding carboxylic acids is 2. The number of nitrogens with zero attached hydrogens (tertiary/aromatic N) is 6. The van der Waals surface area contributed by atoms with Crippen molar-refractivity contribution in [2.24, 2.45) is 0 Å². The molecule has 2 amide bonds. The summed E-state index contributed by atoms with van der Waals surface area (Å²) in [5.41, 5.74) is 1.41. The fourth-order valence-corrected chi connectivity index (χ4v) is 7.38. The normalized spacial score (nSPS) is 29.6. The van der Waals surface area contributed by atoms with Crippen LogP contribution in [0.1, 0.15) is 54.2 Å². The third kappa shape index (κ3) is 7.02. The van der Waals surface area contributed by atoms with Crippen molar-refractivity contribution in [1.82, 2.24) is 35.0 Å². The van der Waals surface area contributed by atoms with Gasteiger partial charge >= 0.3 is 0 Å². The second-order valence-corrected chi connectivity index (χ2v) is 12.8. The molecule has 45 heavy (non-hydrogen) atoms. The summed E-state index contributed by atoms with van der Waals surface area (Å²) in [6, 6.07) is 7.02. The van der Waals surface area contributed by atoms with Crippen molar-refractivity contribution < 1.29 is 28.5 Å². The topological polar surface area (TPSA) is 124 Å². The molecule has 0 saturated carbocycles. The van der Waals surface area contributed by atoms with Crippen LogP contribution in [0, 0.1) is 0 Å². The molecule has 2 aromatic rings. The van der Waals surface area contributed by atoms with Gasteiger partial charge in [0, 0.05) is 71.5 Å². The maximum Gasteiger partial charge on any atom is 0.258 e. The highest BCUT2D eigenvalue weighted by molar-refractivity contribution is 6.00. The van der Waals surface area contributed by atoms with Crippen molar-refractivity contribution in [3.8, 4) is 5.75 Å². The van der Waals surface area contributed by atoms with Gasteiger partial charge in [-0.1, -0.05) is 17.3 Å². The Morgan fingerprint density at radius 2 is 1.71 bits per heavy atom. The van der Waals surface area contributed by atoms with E-state index in [0.29, 0.717) is 50.0 Å². The summed E-state index contributed by atoms with van der Waals surface area (Å²) in [5, 5.41) is 12.2. The second kappa shape index (κ2) is 14.1. The Kier molecular flexibility index (Phi) is 9.59. The standard InChI is InChI=1S/C32H45N7O6/c40-31-28-22-37(24-7-14-42-15-8-24)10-11-38(28)32(41)26-3-1-2-4-29(26)44-16-9-25-5-6-27(30(45-25)19-33-31)39-21-23(34-35-39)20-36-12-17-43-18-13-36/h1-4,21,24-25,27-28,30H,5-20,22H2,(H,33,40)/t25-,27+,28-,30+/m0/s1. The molecule has 4 atom stereocenters. The van der Waals surface area contributed by atoms with Crippen molar-refractivity contribution >= 4 is 11.8 Å². The molecule has 1 aromatic carbocycles. The molecule has 5 aliphatic heterocycles. The van der Waals surface area contributed by atoms with Crippen LogP contribution >= 0.6 is 0 Å². The number of fused-ring (bicyclic) bond motifs is 4. The van der Waals surface area contributed by atoms with E-state index in [9.17, 15) is 9.59 Å². The number of hydrogen-bond donors (Lipinski definition) is 1. The molecule has 4 fully saturated rings. The first-order valence-corrected chi connectivity index (χ1v) is 16.6. The molecule has 7 rings (SSSR count). The fraction of sp³-hybridized carbons (Fsp3) is 0.688. The molecule has 0 aliphatic carbocycles. The third-order valence-electron chi connectivity index (χ3n) is 9.94. The lowest BCUT2D eigenvalue weighted by Gasteiger charge is -2.45. The Labute approximate surface area is 264 Å². The van der Waals surface area contributed by atoms with Crippen LogP contribution in [0.5, 0.6) is 5.75 Å². The first-order valence-electron chi connectivity index (χ1n) is 16.6. The Hall–Kier alpha value is -3.10. The molecule has 5 aliphatic rings. The van der Waals surface area contributed by atoms with Gasteiger partial charge in [-0.15, -0.1) is 5.10 Å². The summed E-state index contributed by atoms with van der Waals surface area (Å²) >= 11 is 0. The van der Waals surface area contributed by atoms with E-state index in [1.807, 2.05) is 29.1 Å². The Morgan fingerprint density at radius 1 is 0.889 bits per heavy atom. The van der Waals surface area contributed by atoms with E-state index in [4.69, 9.17) is 18.9 Å². The number of hydrogen-bond acceptors (Lipinski definition) is 10. The number of piperazine rings is 1. The van der Waals surface area contributed by atoms with Crippen molar-refractivity contribution in [1.29, 1.82) is 0 Å². The van der Waals surface area contributed by atoms with Gasteiger partial charge in [0.25, 0.3) is 5.91 Å². The van der Waals surface area contributed by atoms with Gasteiger partial charge in [0.2, 0.25) is 5.91 Å². The number of benzene rings is 1. The van der Waals surface area contributed by atoms with Gasteiger partial charge in [-0.25, -0.2) is 4.68 Å². The first kappa shape index (κ1) is 30.5. The summed E-state index contributed by atoms with van der Waals surface area (Å²) < 4.78 is 25.9. The van der Waals surface area contributed by atoms with Crippen LogP contribution in [0.3, 0.4) is 0 Å². The lowest BCUT2D eigenvalue weighted by atomic mass is 9.96. The Morgan fingerprint density at radius 3 is 2.58 bits per heavy atom. The first-order chi connectivity index (χ1) is 22.1. The van der Waals surface area contributed by atoms with Gasteiger partial charge in [0.05, 0.1) is 55.5 Å². The van der Waals surface area contributed by atoms with Crippen molar-refractivity contribution in [3.05, 3.63) is 41.7 Å². The van der Waals surface area contributed by atoms with Crippen LogP contribution in [0.2, 0.25) is 0 Å². The van der Waals surface area contributed by atoms with Crippen LogP contribution in [-0.2, 0) is 25.5 Å². The van der Waals surface area contributed by atoms with Gasteiger partial charge in [-0.05, 0) is 37.8 Å². The molecule has 0 unspecified atom stereocenters. The predicted octanol–water partition coefficient (Wildman–Crippen LogP) is 1.10. The van der Waals surface area contributed by atoms with E-state index in [0.717, 1.165) is 84.0 Å². The van der Waals surface area contributed by atoms with Crippen molar-refractivity contribution in [2.75, 3.05) is 72.3 Å². The Balaban J connectivity index is 1.12. The highest BCUT2D eigenvalue weighted by Crippen LogP contribution is 2.31. The average molecular weight is 624 g/mol. The van der Waals surface area contributed by atoms with Crippen molar-refractivity contribution in [2.45, 2.75) is 69.0 Å². The molecule has 1 N–H and O–H groups in total. The summed E-state index contributed by atoms with van der Waals surface area (Å²) in [6.07, 6.45) is 5.95. The van der Waals surface area contributed by atoms with Crippen LogP contribution in [0.15, 0.2) is 30.5 Å². The lowest BCUT2D eigenvalue weighted by Crippen LogP contribution is -2.63. The van der Waals surface area contributed by atoms with E-state index in [-0.39, 0.29) is 30.1 Å². The number of ether oxygens (including phenoxy) is 4. The molecule has 2 bridgehead atoms. The van der Waals surface area contributed by atoms with E-state index < -0.39 is 6.04 Å². The number of para-hydroxylation sites is 1. The highest BCUT2D eigenvalue weighted by Gasteiger charge is 2.40. The molecular formula is C32H45N7O6. The monoisotopic (exact) mass is 623 g/mol. The molecule has 0 spiro atoms. The maximum absolute atomic E-state index is 14.0. The largest absolute Gasteiger partial charge is 0.493 e. The smallest absolute Gasteiger partial charge is 0.258 e. The lowest BCUT2D eigenvalue weighted by molar-refractivity contribution is -0.131. The molecule has 4 saturated heterocycles. The van der Waals surface area contributed by atoms with Crippen LogP contribution < -0.4 is 10.1 Å². The number of morpholine rings is 1. The molecular weight excluding hydrogens is 578 g/mol. The number of nitrogens with one attached hydrogen (secondary N) is 1. The zero-order chi connectivity index (χ0) is 30.6. The van der Waals surface area contributed by atoms with Gasteiger partial charge < -0.3 is 29.2 Å². The fourth-order valence-electron chi connectivity index (χ4n) is 7.38. The van der Waals surface area contributed by atoms with Crippen molar-refractivity contribution in [3.63, 3.8) is 0 Å². The minimum atomic E-state index is -0.630. The zero-order valence-electron chi connectivity index (χ0n) is 25.9. The molecule has 6 heterocycles. The Bertz CT molecular complexity index is 1310. The van der Waals surface area contributed by atoms with E-state index in [1.54, 1.807) is 11.0 Å². The van der Waals surface area contributed by atoms with Gasteiger partial charge in [-0.2, -0.15) is 0 Å². The van der Waals surface area contributed by atoms with Crippen LogP contribution in [0.4, 0.5) is 0 Å². The third-order valence-corrected chi connectivity index (χ3v) is 9.94. The number of amides is 2. The number of aromatic nitrogens is 3. The summed E-state index contributed by atoms with van der Waals surface area (Å²) in [5.74, 6) is 0.219. The summed E-state index contributed by atoms with van der Waals surface area (Å²) in [7, 11) is 0. The number of carbonyl (C=O) groups is 2. The van der Waals surface area contributed by atoms with Crippen LogP contribution in [-0.4, -0.2) is 138 Å². The summed E-state index contributed by atoms with van der Waals surface area (Å²) in [6.45, 7) is 7.86. The SMILES string of the molecule is O=C1NC[C@H]2O[C@H](CCOc3ccccc3C(=O)N3CCN(C4CCOCC4)C[C@@H]13)CC[C@H]2n1cc(CN2CCOCC2)nn1.